The second-order valence-electron chi connectivity index (χ2n) is 4.79. The number of ether oxygens (including phenoxy) is 1. The number of thioether (sulfide) groups is 1. The SMILES string of the molecule is OC(CNC1CCCSC1)c1cccc(OC(F)F)c1. The van der Waals surface area contributed by atoms with Gasteiger partial charge in [-0.2, -0.15) is 20.5 Å². The second kappa shape index (κ2) is 7.81. The number of aliphatic hydroxyl groups excluding tert-OH is 1. The van der Waals surface area contributed by atoms with E-state index in [0.717, 1.165) is 12.2 Å². The molecule has 0 aromatic heterocycles. The van der Waals surface area contributed by atoms with Crippen LogP contribution < -0.4 is 10.1 Å². The van der Waals surface area contributed by atoms with Gasteiger partial charge in [-0.05, 0) is 36.3 Å². The molecule has 0 amide bonds. The molecule has 2 N–H and O–H groups in total. The fourth-order valence-electron chi connectivity index (χ4n) is 2.20. The van der Waals surface area contributed by atoms with Crippen LogP contribution in [0.25, 0.3) is 0 Å². The zero-order valence-electron chi connectivity index (χ0n) is 11.1. The predicted octanol–water partition coefficient (Wildman–Crippen LogP) is 2.81. The van der Waals surface area contributed by atoms with Gasteiger partial charge in [-0.15, -0.1) is 0 Å². The molecular formula is C14H19F2NO2S. The van der Waals surface area contributed by atoms with Gasteiger partial charge in [-0.25, -0.2) is 0 Å². The lowest BCUT2D eigenvalue weighted by atomic mass is 10.1. The van der Waals surface area contributed by atoms with Gasteiger partial charge in [0.25, 0.3) is 0 Å². The van der Waals surface area contributed by atoms with Crippen molar-refractivity contribution in [2.24, 2.45) is 0 Å². The summed E-state index contributed by atoms with van der Waals surface area (Å²) in [5.74, 6) is 2.33. The van der Waals surface area contributed by atoms with Gasteiger partial charge in [-0.3, -0.25) is 0 Å². The van der Waals surface area contributed by atoms with E-state index in [1.54, 1.807) is 12.1 Å². The summed E-state index contributed by atoms with van der Waals surface area (Å²) in [5.41, 5.74) is 0.583. The van der Waals surface area contributed by atoms with E-state index >= 15 is 0 Å². The molecule has 2 unspecified atom stereocenters. The molecule has 20 heavy (non-hydrogen) atoms. The molecule has 1 aliphatic heterocycles. The van der Waals surface area contributed by atoms with E-state index in [9.17, 15) is 13.9 Å². The van der Waals surface area contributed by atoms with Gasteiger partial charge in [0.05, 0.1) is 6.10 Å². The maximum Gasteiger partial charge on any atom is 0.387 e. The van der Waals surface area contributed by atoms with Crippen LogP contribution in [0.5, 0.6) is 5.75 Å². The molecule has 0 radical (unpaired) electrons. The first kappa shape index (κ1) is 15.5. The number of nitrogens with one attached hydrogen (secondary N) is 1. The highest BCUT2D eigenvalue weighted by Crippen LogP contribution is 2.21. The Morgan fingerprint density at radius 1 is 1.45 bits per heavy atom. The van der Waals surface area contributed by atoms with Crippen molar-refractivity contribution >= 4 is 11.8 Å². The third-order valence-corrected chi connectivity index (χ3v) is 4.44. The largest absolute Gasteiger partial charge is 0.435 e. The van der Waals surface area contributed by atoms with Gasteiger partial charge < -0.3 is 15.2 Å². The van der Waals surface area contributed by atoms with E-state index < -0.39 is 12.7 Å². The lowest BCUT2D eigenvalue weighted by Gasteiger charge is -2.24. The van der Waals surface area contributed by atoms with Crippen LogP contribution in [0.15, 0.2) is 24.3 Å². The minimum Gasteiger partial charge on any atom is -0.435 e. The Bertz CT molecular complexity index is 414. The zero-order valence-corrected chi connectivity index (χ0v) is 11.9. The van der Waals surface area contributed by atoms with Crippen LogP contribution in [0.2, 0.25) is 0 Å². The summed E-state index contributed by atoms with van der Waals surface area (Å²) >= 11 is 1.91. The average molecular weight is 303 g/mol. The maximum atomic E-state index is 12.1. The minimum absolute atomic E-state index is 0.0739. The quantitative estimate of drug-likeness (QED) is 0.848. The predicted molar refractivity (Wildman–Crippen MR) is 76.4 cm³/mol. The van der Waals surface area contributed by atoms with E-state index in [1.807, 2.05) is 11.8 Å². The Kier molecular flexibility index (Phi) is 6.06. The zero-order chi connectivity index (χ0) is 14.4. The normalized spacial score (nSPS) is 20.9. The highest BCUT2D eigenvalue weighted by Gasteiger charge is 2.16. The summed E-state index contributed by atoms with van der Waals surface area (Å²) in [6.45, 7) is -2.43. The summed E-state index contributed by atoms with van der Waals surface area (Å²) < 4.78 is 28.6. The van der Waals surface area contributed by atoms with Crippen molar-refractivity contribution < 1.29 is 18.6 Å². The van der Waals surface area contributed by atoms with Crippen molar-refractivity contribution in [1.82, 2.24) is 5.32 Å². The minimum atomic E-state index is -2.85. The van der Waals surface area contributed by atoms with Crippen molar-refractivity contribution in [3.05, 3.63) is 29.8 Å². The van der Waals surface area contributed by atoms with Crippen molar-refractivity contribution in [3.8, 4) is 5.75 Å². The van der Waals surface area contributed by atoms with Crippen LogP contribution in [0.4, 0.5) is 8.78 Å². The van der Waals surface area contributed by atoms with E-state index in [1.165, 1.54) is 24.3 Å². The standard InChI is InChI=1S/C14H19F2NO2S/c15-14(16)19-12-5-1-3-10(7-12)13(18)8-17-11-4-2-6-20-9-11/h1,3,5,7,11,13-14,17-18H,2,4,6,8-9H2. The Balaban J connectivity index is 1.86. The van der Waals surface area contributed by atoms with Gasteiger partial charge in [0.2, 0.25) is 0 Å². The molecule has 0 saturated carbocycles. The molecule has 1 aromatic rings. The lowest BCUT2D eigenvalue weighted by Crippen LogP contribution is -2.36. The first-order valence-corrected chi connectivity index (χ1v) is 7.84. The Morgan fingerprint density at radius 2 is 2.30 bits per heavy atom. The molecule has 1 saturated heterocycles. The van der Waals surface area contributed by atoms with Crippen LogP contribution in [0.1, 0.15) is 24.5 Å². The van der Waals surface area contributed by atoms with Gasteiger partial charge in [-0.1, -0.05) is 12.1 Å². The number of rotatable bonds is 6. The van der Waals surface area contributed by atoms with E-state index in [0.29, 0.717) is 18.2 Å². The molecule has 2 rings (SSSR count). The summed E-state index contributed by atoms with van der Waals surface area (Å²) in [5, 5.41) is 13.4. The first-order chi connectivity index (χ1) is 9.65. The third-order valence-electron chi connectivity index (χ3n) is 3.23. The van der Waals surface area contributed by atoms with Gasteiger partial charge >= 0.3 is 6.61 Å². The topological polar surface area (TPSA) is 41.5 Å². The molecule has 0 spiro atoms. The molecule has 1 aromatic carbocycles. The van der Waals surface area contributed by atoms with Crippen molar-refractivity contribution in [3.63, 3.8) is 0 Å². The molecule has 0 aliphatic carbocycles. The van der Waals surface area contributed by atoms with E-state index in [2.05, 4.69) is 10.1 Å². The molecule has 0 bridgehead atoms. The number of aliphatic hydroxyl groups is 1. The highest BCUT2D eigenvalue weighted by molar-refractivity contribution is 7.99. The fourth-order valence-corrected chi connectivity index (χ4v) is 3.30. The average Bonchev–Trinajstić information content (AvgIpc) is 2.45. The summed E-state index contributed by atoms with van der Waals surface area (Å²) in [4.78, 5) is 0. The summed E-state index contributed by atoms with van der Waals surface area (Å²) in [6, 6.07) is 6.64. The Morgan fingerprint density at radius 3 is 3.00 bits per heavy atom. The third kappa shape index (κ3) is 4.92. The number of hydrogen-bond donors (Lipinski definition) is 2. The summed E-state index contributed by atoms with van der Waals surface area (Å²) in [6.07, 6.45) is 1.59. The molecular weight excluding hydrogens is 284 g/mol. The van der Waals surface area contributed by atoms with Crippen LogP contribution in [0.3, 0.4) is 0 Å². The van der Waals surface area contributed by atoms with E-state index in [4.69, 9.17) is 0 Å². The highest BCUT2D eigenvalue weighted by atomic mass is 32.2. The Labute approximate surface area is 121 Å². The van der Waals surface area contributed by atoms with Crippen LogP contribution in [0, 0.1) is 0 Å². The number of benzene rings is 1. The van der Waals surface area contributed by atoms with Gasteiger partial charge in [0.15, 0.2) is 0 Å². The van der Waals surface area contributed by atoms with Crippen LogP contribution >= 0.6 is 11.8 Å². The molecule has 1 heterocycles. The monoisotopic (exact) mass is 303 g/mol. The fraction of sp³-hybridized carbons (Fsp3) is 0.571. The summed E-state index contributed by atoms with van der Waals surface area (Å²) in [7, 11) is 0. The Hall–Kier alpha value is -0.850. The molecule has 112 valence electrons. The maximum absolute atomic E-state index is 12.1. The second-order valence-corrected chi connectivity index (χ2v) is 5.94. The van der Waals surface area contributed by atoms with Gasteiger partial charge in [0.1, 0.15) is 5.75 Å². The first-order valence-electron chi connectivity index (χ1n) is 6.69. The lowest BCUT2D eigenvalue weighted by molar-refractivity contribution is -0.0499. The molecule has 6 heteroatoms. The number of halogens is 2. The molecule has 3 nitrogen and oxygen atoms in total. The number of alkyl halides is 2. The van der Waals surface area contributed by atoms with Crippen LogP contribution in [-0.4, -0.2) is 35.8 Å². The van der Waals surface area contributed by atoms with Crippen LogP contribution in [-0.2, 0) is 0 Å². The smallest absolute Gasteiger partial charge is 0.387 e. The van der Waals surface area contributed by atoms with E-state index in [-0.39, 0.29) is 5.75 Å². The van der Waals surface area contributed by atoms with Crippen molar-refractivity contribution in [2.45, 2.75) is 31.6 Å². The molecule has 2 atom stereocenters. The molecule has 1 fully saturated rings. The van der Waals surface area contributed by atoms with Crippen molar-refractivity contribution in [2.75, 3.05) is 18.1 Å². The van der Waals surface area contributed by atoms with Gasteiger partial charge in [0, 0.05) is 18.3 Å². The van der Waals surface area contributed by atoms with Crippen molar-refractivity contribution in [1.29, 1.82) is 0 Å². The number of hydrogen-bond acceptors (Lipinski definition) is 4. The molecule has 1 aliphatic rings.